The second-order valence-corrected chi connectivity index (χ2v) is 7.04. The maximum Gasteiger partial charge on any atom is 0.262 e. The van der Waals surface area contributed by atoms with Gasteiger partial charge in [0.2, 0.25) is 0 Å². The number of benzene rings is 2. The number of aliphatic hydroxyl groups is 1. The summed E-state index contributed by atoms with van der Waals surface area (Å²) in [5.41, 5.74) is 1.76. The first-order chi connectivity index (χ1) is 9.97. The van der Waals surface area contributed by atoms with Crippen molar-refractivity contribution in [2.24, 2.45) is 0 Å². The molecule has 0 saturated heterocycles. The average molecular weight is 370 g/mol. The van der Waals surface area contributed by atoms with E-state index in [-0.39, 0.29) is 11.5 Å². The Kier molecular flexibility index (Phi) is 5.03. The molecule has 0 aliphatic heterocycles. The molecule has 2 N–H and O–H groups in total. The first-order valence-corrected chi connectivity index (χ1v) is 8.75. The van der Waals surface area contributed by atoms with E-state index in [1.165, 1.54) is 6.07 Å². The lowest BCUT2D eigenvalue weighted by Crippen LogP contribution is -2.15. The van der Waals surface area contributed by atoms with E-state index in [4.69, 9.17) is 0 Å². The molecule has 2 aromatic carbocycles. The van der Waals surface area contributed by atoms with Gasteiger partial charge in [0.25, 0.3) is 10.0 Å². The summed E-state index contributed by atoms with van der Waals surface area (Å²) in [5, 5.41) is 9.20. The summed E-state index contributed by atoms with van der Waals surface area (Å²) < 4.78 is 28.4. The lowest BCUT2D eigenvalue weighted by atomic mass is 10.1. The summed E-state index contributed by atoms with van der Waals surface area (Å²) in [6.07, 6.45) is 0.595. The van der Waals surface area contributed by atoms with E-state index >= 15 is 0 Å². The summed E-state index contributed by atoms with van der Waals surface area (Å²) in [6.45, 7) is 1.70. The summed E-state index contributed by atoms with van der Waals surface area (Å²) in [6, 6.07) is 12.0. The van der Waals surface area contributed by atoms with Gasteiger partial charge in [-0.25, -0.2) is 8.42 Å². The Morgan fingerprint density at radius 1 is 1.19 bits per heavy atom. The molecular weight excluding hydrogens is 354 g/mol. The van der Waals surface area contributed by atoms with Crippen LogP contribution in [0.1, 0.15) is 18.1 Å². The number of rotatable bonds is 5. The molecule has 4 nitrogen and oxygen atoms in total. The molecule has 0 fully saturated rings. The number of hydrogen-bond acceptors (Lipinski definition) is 3. The predicted octanol–water partition coefficient (Wildman–Crippen LogP) is 3.30. The van der Waals surface area contributed by atoms with Crippen molar-refractivity contribution in [1.82, 2.24) is 0 Å². The summed E-state index contributed by atoms with van der Waals surface area (Å²) in [5.74, 6) is 0. The van der Waals surface area contributed by atoms with E-state index in [0.717, 1.165) is 0 Å². The Labute approximate surface area is 133 Å². The molecule has 0 heterocycles. The molecule has 0 bridgehead atoms. The first kappa shape index (κ1) is 16.0. The maximum absolute atomic E-state index is 12.6. The highest BCUT2D eigenvalue weighted by Crippen LogP contribution is 2.26. The molecule has 6 heteroatoms. The third kappa shape index (κ3) is 3.64. The number of anilines is 1. The van der Waals surface area contributed by atoms with Crippen molar-refractivity contribution in [3.05, 3.63) is 58.1 Å². The molecule has 0 unspecified atom stereocenters. The van der Waals surface area contributed by atoms with Gasteiger partial charge in [-0.1, -0.05) is 31.2 Å². The molecule has 0 aliphatic rings. The number of aliphatic hydroxyl groups excluding tert-OH is 1. The Morgan fingerprint density at radius 2 is 1.90 bits per heavy atom. The number of para-hydroxylation sites is 1. The van der Waals surface area contributed by atoms with Crippen molar-refractivity contribution in [3.63, 3.8) is 0 Å². The Morgan fingerprint density at radius 3 is 2.52 bits per heavy atom. The molecule has 2 rings (SSSR count). The smallest absolute Gasteiger partial charge is 0.262 e. The fraction of sp³-hybridized carbons (Fsp3) is 0.200. The van der Waals surface area contributed by atoms with Gasteiger partial charge >= 0.3 is 0 Å². The average Bonchev–Trinajstić information content (AvgIpc) is 2.48. The molecule has 0 amide bonds. The van der Waals surface area contributed by atoms with Crippen LogP contribution in [-0.2, 0) is 23.1 Å². The topological polar surface area (TPSA) is 66.4 Å². The fourth-order valence-corrected chi connectivity index (χ4v) is 3.94. The number of halogens is 1. The van der Waals surface area contributed by atoms with Crippen molar-refractivity contribution < 1.29 is 13.5 Å². The van der Waals surface area contributed by atoms with Gasteiger partial charge in [-0.3, -0.25) is 4.72 Å². The third-order valence-electron chi connectivity index (χ3n) is 3.10. The number of sulfonamides is 1. The highest BCUT2D eigenvalue weighted by atomic mass is 79.9. The maximum atomic E-state index is 12.6. The zero-order valence-corrected chi connectivity index (χ0v) is 13.9. The number of nitrogens with one attached hydrogen (secondary N) is 1. The lowest BCUT2D eigenvalue weighted by molar-refractivity contribution is 0.281. The predicted molar refractivity (Wildman–Crippen MR) is 86.7 cm³/mol. The van der Waals surface area contributed by atoms with Crippen LogP contribution in [0.25, 0.3) is 0 Å². The van der Waals surface area contributed by atoms with Crippen LogP contribution in [0.4, 0.5) is 5.69 Å². The highest BCUT2D eigenvalue weighted by molar-refractivity contribution is 9.10. The van der Waals surface area contributed by atoms with Crippen LogP contribution < -0.4 is 4.72 Å². The second-order valence-electron chi connectivity index (χ2n) is 4.54. The van der Waals surface area contributed by atoms with Crippen molar-refractivity contribution in [2.45, 2.75) is 24.8 Å². The molecule has 0 aliphatic carbocycles. The highest BCUT2D eigenvalue weighted by Gasteiger charge is 2.19. The molecule has 0 aromatic heterocycles. The van der Waals surface area contributed by atoms with Crippen LogP contribution in [0.5, 0.6) is 0 Å². The summed E-state index contributed by atoms with van der Waals surface area (Å²) in [7, 11) is -3.70. The van der Waals surface area contributed by atoms with Crippen molar-refractivity contribution in [1.29, 1.82) is 0 Å². The Hall–Kier alpha value is -1.37. The fourth-order valence-electron chi connectivity index (χ4n) is 1.98. The van der Waals surface area contributed by atoms with Gasteiger partial charge < -0.3 is 5.11 Å². The SMILES string of the molecule is CCc1ccc(CO)cc1S(=O)(=O)Nc1ccccc1Br. The Bertz CT molecular complexity index is 744. The van der Waals surface area contributed by atoms with Crippen molar-refractivity contribution in [3.8, 4) is 0 Å². The zero-order chi connectivity index (χ0) is 15.5. The zero-order valence-electron chi connectivity index (χ0n) is 11.5. The third-order valence-corrected chi connectivity index (χ3v) is 5.24. The molecule has 0 spiro atoms. The largest absolute Gasteiger partial charge is 0.392 e. The van der Waals surface area contributed by atoms with E-state index in [9.17, 15) is 13.5 Å². The van der Waals surface area contributed by atoms with Crippen LogP contribution in [0, 0.1) is 0 Å². The van der Waals surface area contributed by atoms with Crippen LogP contribution >= 0.6 is 15.9 Å². The minimum absolute atomic E-state index is 0.193. The van der Waals surface area contributed by atoms with Crippen molar-refractivity contribution in [2.75, 3.05) is 4.72 Å². The first-order valence-electron chi connectivity index (χ1n) is 6.48. The van der Waals surface area contributed by atoms with Crippen molar-refractivity contribution >= 4 is 31.6 Å². The second kappa shape index (κ2) is 6.60. The van der Waals surface area contributed by atoms with Gasteiger partial charge in [-0.15, -0.1) is 0 Å². The normalized spacial score (nSPS) is 11.4. The van der Waals surface area contributed by atoms with E-state index in [1.807, 2.05) is 13.0 Å². The van der Waals surface area contributed by atoms with Gasteiger partial charge in [0.05, 0.1) is 17.2 Å². The van der Waals surface area contributed by atoms with Crippen LogP contribution in [0.15, 0.2) is 51.8 Å². The van der Waals surface area contributed by atoms with E-state index in [0.29, 0.717) is 27.7 Å². The van der Waals surface area contributed by atoms with Gasteiger partial charge in [0.15, 0.2) is 0 Å². The summed E-state index contributed by atoms with van der Waals surface area (Å²) in [4.78, 5) is 0.201. The number of aryl methyl sites for hydroxylation is 1. The minimum atomic E-state index is -3.70. The van der Waals surface area contributed by atoms with E-state index in [2.05, 4.69) is 20.7 Å². The molecule has 21 heavy (non-hydrogen) atoms. The Balaban J connectivity index is 2.46. The lowest BCUT2D eigenvalue weighted by Gasteiger charge is -2.13. The quantitative estimate of drug-likeness (QED) is 0.849. The molecule has 112 valence electrons. The van der Waals surface area contributed by atoms with Crippen LogP contribution in [0.3, 0.4) is 0 Å². The van der Waals surface area contributed by atoms with Gasteiger partial charge in [0, 0.05) is 4.47 Å². The monoisotopic (exact) mass is 369 g/mol. The molecule has 2 aromatic rings. The van der Waals surface area contributed by atoms with E-state index < -0.39 is 10.0 Å². The molecule has 0 atom stereocenters. The van der Waals surface area contributed by atoms with E-state index in [1.54, 1.807) is 30.3 Å². The molecule has 0 radical (unpaired) electrons. The van der Waals surface area contributed by atoms with Gasteiger partial charge in [-0.05, 0) is 51.7 Å². The molecule has 0 saturated carbocycles. The van der Waals surface area contributed by atoms with Crippen LogP contribution in [-0.4, -0.2) is 13.5 Å². The number of hydrogen-bond donors (Lipinski definition) is 2. The summed E-state index contributed by atoms with van der Waals surface area (Å²) >= 11 is 3.32. The molecular formula is C15H16BrNO3S. The minimum Gasteiger partial charge on any atom is -0.392 e. The van der Waals surface area contributed by atoms with Gasteiger partial charge in [0.1, 0.15) is 0 Å². The standard InChI is InChI=1S/C15H16BrNO3S/c1-2-12-8-7-11(10-18)9-15(12)21(19,20)17-14-6-4-3-5-13(14)16/h3-9,17-18H,2,10H2,1H3. The van der Waals surface area contributed by atoms with Gasteiger partial charge in [-0.2, -0.15) is 0 Å². The van der Waals surface area contributed by atoms with Crippen LogP contribution in [0.2, 0.25) is 0 Å².